The highest BCUT2D eigenvalue weighted by atomic mass is 35.5. The van der Waals surface area contributed by atoms with Crippen molar-refractivity contribution >= 4 is 39.6 Å². The van der Waals surface area contributed by atoms with E-state index in [0.29, 0.717) is 41.7 Å². The molecule has 33 heavy (non-hydrogen) atoms. The summed E-state index contributed by atoms with van der Waals surface area (Å²) in [6.45, 7) is 6.17. The van der Waals surface area contributed by atoms with Crippen LogP contribution in [0.5, 0.6) is 0 Å². The molecule has 0 spiro atoms. The lowest BCUT2D eigenvalue weighted by atomic mass is 10.00. The van der Waals surface area contributed by atoms with E-state index in [9.17, 15) is 13.2 Å². The first-order valence-electron chi connectivity index (χ1n) is 11.1. The molecule has 178 valence electrons. The molecular weight excluding hydrogens is 460 g/mol. The summed E-state index contributed by atoms with van der Waals surface area (Å²) in [6, 6.07) is 10.5. The Labute approximate surface area is 201 Å². The number of amides is 1. The molecule has 0 bridgehead atoms. The number of benzene rings is 2. The van der Waals surface area contributed by atoms with Crippen molar-refractivity contribution in [2.24, 2.45) is 10.3 Å². The number of sulfonamides is 1. The van der Waals surface area contributed by atoms with Gasteiger partial charge < -0.3 is 15.5 Å². The molecule has 2 aromatic carbocycles. The van der Waals surface area contributed by atoms with Gasteiger partial charge in [-0.1, -0.05) is 43.6 Å². The lowest BCUT2D eigenvalue weighted by Crippen LogP contribution is -2.26. The van der Waals surface area contributed by atoms with E-state index >= 15 is 0 Å². The number of halogens is 1. The predicted molar refractivity (Wildman–Crippen MR) is 133 cm³/mol. The van der Waals surface area contributed by atoms with E-state index < -0.39 is 10.0 Å². The number of carbonyl (C=O) groups is 1. The van der Waals surface area contributed by atoms with Gasteiger partial charge in [0, 0.05) is 30.8 Å². The van der Waals surface area contributed by atoms with E-state index in [1.165, 1.54) is 12.4 Å². The largest absolute Gasteiger partial charge is 0.365 e. The minimum Gasteiger partial charge on any atom is -0.365 e. The highest BCUT2D eigenvalue weighted by Gasteiger charge is 2.24. The monoisotopic (exact) mass is 490 g/mol. The van der Waals surface area contributed by atoms with Gasteiger partial charge in [-0.3, -0.25) is 4.79 Å². The Morgan fingerprint density at radius 3 is 2.79 bits per heavy atom. The lowest BCUT2D eigenvalue weighted by Gasteiger charge is -2.21. The Morgan fingerprint density at radius 2 is 2.06 bits per heavy atom. The maximum atomic E-state index is 13.1. The summed E-state index contributed by atoms with van der Waals surface area (Å²) < 4.78 is 30.2. The van der Waals surface area contributed by atoms with Crippen LogP contribution in [0.4, 0.5) is 5.69 Å². The van der Waals surface area contributed by atoms with E-state index in [1.54, 1.807) is 23.1 Å². The SMILES string of the molecule is CC(C)CCN(C)/C=N/S(=O)(=O)c1cc(NC(=O)Cc2ccccc2Cl)cc2c1CCNC2. The van der Waals surface area contributed by atoms with Crippen LogP contribution in [-0.2, 0) is 34.2 Å². The Bertz CT molecular complexity index is 1130. The summed E-state index contributed by atoms with van der Waals surface area (Å²) in [7, 11) is -2.12. The van der Waals surface area contributed by atoms with E-state index in [-0.39, 0.29) is 17.2 Å². The molecule has 2 aromatic rings. The molecule has 1 aliphatic rings. The molecule has 0 saturated carbocycles. The van der Waals surface area contributed by atoms with Crippen molar-refractivity contribution < 1.29 is 13.2 Å². The first kappa shape index (κ1) is 25.2. The van der Waals surface area contributed by atoms with Gasteiger partial charge >= 0.3 is 0 Å². The predicted octanol–water partition coefficient (Wildman–Crippen LogP) is 3.86. The van der Waals surface area contributed by atoms with E-state index in [0.717, 1.165) is 24.1 Å². The van der Waals surface area contributed by atoms with Gasteiger partial charge in [-0.05, 0) is 60.2 Å². The number of hydrogen-bond acceptors (Lipinski definition) is 4. The zero-order chi connectivity index (χ0) is 24.0. The van der Waals surface area contributed by atoms with Crippen LogP contribution in [-0.4, -0.2) is 45.7 Å². The number of anilines is 1. The third-order valence-electron chi connectivity index (χ3n) is 5.48. The zero-order valence-corrected chi connectivity index (χ0v) is 20.8. The first-order chi connectivity index (χ1) is 15.7. The number of fused-ring (bicyclic) bond motifs is 1. The van der Waals surface area contributed by atoms with Crippen molar-refractivity contribution in [3.05, 3.63) is 58.1 Å². The minimum atomic E-state index is -3.93. The van der Waals surface area contributed by atoms with Gasteiger partial charge in [0.1, 0.15) is 6.34 Å². The Hall–Kier alpha value is -2.42. The zero-order valence-electron chi connectivity index (χ0n) is 19.3. The summed E-state index contributed by atoms with van der Waals surface area (Å²) >= 11 is 6.16. The van der Waals surface area contributed by atoms with E-state index in [2.05, 4.69) is 28.9 Å². The van der Waals surface area contributed by atoms with Crippen LogP contribution in [0.2, 0.25) is 5.02 Å². The average molecular weight is 491 g/mol. The summed E-state index contributed by atoms with van der Waals surface area (Å²) in [5, 5.41) is 6.59. The first-order valence-corrected chi connectivity index (χ1v) is 12.9. The highest BCUT2D eigenvalue weighted by Crippen LogP contribution is 2.29. The van der Waals surface area contributed by atoms with Gasteiger partial charge in [-0.25, -0.2) is 0 Å². The van der Waals surface area contributed by atoms with Gasteiger partial charge in [0.2, 0.25) is 5.91 Å². The Balaban J connectivity index is 1.84. The number of nitrogens with zero attached hydrogens (tertiary/aromatic N) is 2. The fourth-order valence-electron chi connectivity index (χ4n) is 3.62. The molecule has 3 rings (SSSR count). The van der Waals surface area contributed by atoms with E-state index in [4.69, 9.17) is 11.6 Å². The van der Waals surface area contributed by atoms with Crippen LogP contribution in [0.1, 0.15) is 37.0 Å². The maximum Gasteiger partial charge on any atom is 0.284 e. The molecular formula is C24H31ClN4O3S. The number of rotatable bonds is 9. The van der Waals surface area contributed by atoms with Gasteiger partial charge in [-0.15, -0.1) is 4.40 Å². The lowest BCUT2D eigenvalue weighted by molar-refractivity contribution is -0.115. The van der Waals surface area contributed by atoms with Crippen LogP contribution in [0.3, 0.4) is 0 Å². The quantitative estimate of drug-likeness (QED) is 0.411. The fraction of sp³-hybridized carbons (Fsp3) is 0.417. The molecule has 0 fully saturated rings. The summed E-state index contributed by atoms with van der Waals surface area (Å²) in [6.07, 6.45) is 2.98. The molecule has 0 aliphatic carbocycles. The van der Waals surface area contributed by atoms with Crippen LogP contribution >= 0.6 is 11.6 Å². The van der Waals surface area contributed by atoms with Gasteiger partial charge in [0.05, 0.1) is 11.3 Å². The third kappa shape index (κ3) is 7.03. The van der Waals surface area contributed by atoms with Crippen molar-refractivity contribution in [3.8, 4) is 0 Å². The minimum absolute atomic E-state index is 0.0931. The number of carbonyl (C=O) groups excluding carboxylic acids is 1. The van der Waals surface area contributed by atoms with Crippen molar-refractivity contribution in [3.63, 3.8) is 0 Å². The molecule has 1 amide bonds. The molecule has 0 atom stereocenters. The molecule has 1 aliphatic heterocycles. The topological polar surface area (TPSA) is 90.9 Å². The molecule has 0 saturated heterocycles. The van der Waals surface area contributed by atoms with Gasteiger partial charge in [0.15, 0.2) is 0 Å². The van der Waals surface area contributed by atoms with Crippen LogP contribution in [0.15, 0.2) is 45.7 Å². The molecule has 9 heteroatoms. The molecule has 2 N–H and O–H groups in total. The molecule has 0 radical (unpaired) electrons. The van der Waals surface area contributed by atoms with E-state index in [1.807, 2.05) is 19.2 Å². The second kappa shape index (κ2) is 11.1. The van der Waals surface area contributed by atoms with Crippen LogP contribution in [0, 0.1) is 5.92 Å². The summed E-state index contributed by atoms with van der Waals surface area (Å²) in [5.41, 5.74) is 2.73. The van der Waals surface area contributed by atoms with Crippen LogP contribution < -0.4 is 10.6 Å². The van der Waals surface area contributed by atoms with Crippen molar-refractivity contribution in [1.82, 2.24) is 10.2 Å². The standard InChI is InChI=1S/C24H31ClN4O3S/c1-17(2)9-11-29(3)16-27-33(31,32)23-14-20(12-19-15-26-10-8-21(19)23)28-24(30)13-18-6-4-5-7-22(18)25/h4-7,12,14,16-17,26H,8-11,13,15H2,1-3H3,(H,28,30)/b27-16+. The molecule has 0 aromatic heterocycles. The average Bonchev–Trinajstić information content (AvgIpc) is 2.77. The molecule has 1 heterocycles. The summed E-state index contributed by atoms with van der Waals surface area (Å²) in [5.74, 6) is 0.245. The Kier molecular flexibility index (Phi) is 8.51. The van der Waals surface area contributed by atoms with Gasteiger partial charge in [-0.2, -0.15) is 8.42 Å². The number of nitrogens with one attached hydrogen (secondary N) is 2. The highest BCUT2D eigenvalue weighted by molar-refractivity contribution is 7.90. The van der Waals surface area contributed by atoms with Gasteiger partial charge in [0.25, 0.3) is 10.0 Å². The molecule has 7 nitrogen and oxygen atoms in total. The van der Waals surface area contributed by atoms with Crippen LogP contribution in [0.25, 0.3) is 0 Å². The fourth-order valence-corrected chi connectivity index (χ4v) is 5.04. The second-order valence-electron chi connectivity index (χ2n) is 8.71. The normalized spacial score (nSPS) is 13.8. The smallest absolute Gasteiger partial charge is 0.284 e. The third-order valence-corrected chi connectivity index (χ3v) is 7.14. The number of hydrogen-bond donors (Lipinski definition) is 2. The van der Waals surface area contributed by atoms with Crippen molar-refractivity contribution in [2.75, 3.05) is 25.5 Å². The Morgan fingerprint density at radius 1 is 1.30 bits per heavy atom. The van der Waals surface area contributed by atoms with Crippen molar-refractivity contribution in [2.45, 2.75) is 44.6 Å². The molecule has 0 unspecified atom stereocenters. The maximum absolute atomic E-state index is 13.1. The summed E-state index contributed by atoms with van der Waals surface area (Å²) in [4.78, 5) is 14.6. The van der Waals surface area contributed by atoms with Crippen molar-refractivity contribution in [1.29, 1.82) is 0 Å². The second-order valence-corrected chi connectivity index (χ2v) is 10.7.